The Hall–Kier alpha value is -2.13. The van der Waals surface area contributed by atoms with Gasteiger partial charge in [0.05, 0.1) is 6.54 Å². The maximum atomic E-state index is 5.66. The van der Waals surface area contributed by atoms with Gasteiger partial charge in [-0.1, -0.05) is 36.4 Å². The molecule has 1 spiro atoms. The van der Waals surface area contributed by atoms with Crippen molar-refractivity contribution in [2.75, 3.05) is 18.5 Å². The summed E-state index contributed by atoms with van der Waals surface area (Å²) >= 11 is 0. The first kappa shape index (κ1) is 16.3. The van der Waals surface area contributed by atoms with Gasteiger partial charge >= 0.3 is 0 Å². The highest BCUT2D eigenvalue weighted by Gasteiger charge is 2.41. The van der Waals surface area contributed by atoms with Crippen molar-refractivity contribution in [1.29, 1.82) is 0 Å². The maximum Gasteiger partial charge on any atom is 0.108 e. The fraction of sp³-hybridized carbons (Fsp3) is 0.409. The third-order valence-electron chi connectivity index (χ3n) is 5.72. The number of aliphatic imine (C=N–C) groups is 1. The minimum atomic E-state index is 0.0989. The predicted octanol–water partition coefficient (Wildman–Crippen LogP) is 4.67. The fourth-order valence-corrected chi connectivity index (χ4v) is 3.98. The van der Waals surface area contributed by atoms with E-state index >= 15 is 0 Å². The van der Waals surface area contributed by atoms with Crippen LogP contribution in [0.2, 0.25) is 0 Å². The third kappa shape index (κ3) is 3.21. The molecular formula is C22H26N2O. The molecule has 1 saturated heterocycles. The number of amidine groups is 1. The monoisotopic (exact) mass is 334 g/mol. The van der Waals surface area contributed by atoms with Gasteiger partial charge in [-0.05, 0) is 61.4 Å². The van der Waals surface area contributed by atoms with Crippen LogP contribution < -0.4 is 5.32 Å². The van der Waals surface area contributed by atoms with E-state index in [0.717, 1.165) is 44.9 Å². The summed E-state index contributed by atoms with van der Waals surface area (Å²) in [5, 5.41) is 3.69. The molecule has 0 saturated carbocycles. The average Bonchev–Trinajstić information content (AvgIpc) is 2.63. The lowest BCUT2D eigenvalue weighted by atomic mass is 9.71. The number of hydrogen-bond acceptors (Lipinski definition) is 2. The summed E-state index contributed by atoms with van der Waals surface area (Å²) in [5.74, 6) is 1.15. The molecule has 130 valence electrons. The van der Waals surface area contributed by atoms with Gasteiger partial charge in [-0.25, -0.2) is 0 Å². The minimum absolute atomic E-state index is 0.0989. The molecule has 2 aliphatic rings. The van der Waals surface area contributed by atoms with E-state index in [2.05, 4.69) is 61.6 Å². The van der Waals surface area contributed by atoms with E-state index in [-0.39, 0.29) is 5.41 Å². The summed E-state index contributed by atoms with van der Waals surface area (Å²) in [6, 6.07) is 15.1. The van der Waals surface area contributed by atoms with Crippen molar-refractivity contribution >= 4 is 11.5 Å². The van der Waals surface area contributed by atoms with Gasteiger partial charge in [0.15, 0.2) is 0 Å². The van der Waals surface area contributed by atoms with Gasteiger partial charge in [0.25, 0.3) is 0 Å². The second kappa shape index (κ2) is 6.64. The molecule has 0 bridgehead atoms. The van der Waals surface area contributed by atoms with E-state index in [0.29, 0.717) is 0 Å². The first-order chi connectivity index (χ1) is 12.2. The Morgan fingerprint density at radius 1 is 1.04 bits per heavy atom. The van der Waals surface area contributed by atoms with Gasteiger partial charge in [-0.2, -0.15) is 0 Å². The number of fused-ring (bicyclic) bond motifs is 1. The number of nitrogens with zero attached hydrogens (tertiary/aromatic N) is 1. The quantitative estimate of drug-likeness (QED) is 0.866. The van der Waals surface area contributed by atoms with Crippen molar-refractivity contribution in [3.63, 3.8) is 0 Å². The van der Waals surface area contributed by atoms with Crippen LogP contribution in [0.1, 0.15) is 35.1 Å². The Morgan fingerprint density at radius 2 is 1.76 bits per heavy atom. The van der Waals surface area contributed by atoms with E-state index in [1.807, 2.05) is 0 Å². The zero-order valence-corrected chi connectivity index (χ0v) is 15.1. The van der Waals surface area contributed by atoms with Gasteiger partial charge in [0.2, 0.25) is 0 Å². The van der Waals surface area contributed by atoms with E-state index in [4.69, 9.17) is 9.73 Å². The molecule has 3 heteroatoms. The lowest BCUT2D eigenvalue weighted by molar-refractivity contribution is 0.0448. The number of rotatable bonds is 2. The van der Waals surface area contributed by atoms with Gasteiger partial charge in [0.1, 0.15) is 5.84 Å². The molecule has 4 rings (SSSR count). The molecule has 0 amide bonds. The maximum absolute atomic E-state index is 5.66. The Labute approximate surface area is 150 Å². The van der Waals surface area contributed by atoms with Crippen LogP contribution >= 0.6 is 0 Å². The highest BCUT2D eigenvalue weighted by atomic mass is 16.5. The molecule has 1 N–H and O–H groups in total. The lowest BCUT2D eigenvalue weighted by Crippen LogP contribution is -2.46. The highest BCUT2D eigenvalue weighted by molar-refractivity contribution is 6.02. The van der Waals surface area contributed by atoms with Gasteiger partial charge in [-0.3, -0.25) is 4.99 Å². The molecule has 25 heavy (non-hydrogen) atoms. The second-order valence-corrected chi connectivity index (χ2v) is 7.44. The molecule has 2 heterocycles. The normalized spacial score (nSPS) is 20.3. The average molecular weight is 334 g/mol. The number of nitrogens with one attached hydrogen (secondary N) is 1. The Bertz CT molecular complexity index is 789. The van der Waals surface area contributed by atoms with E-state index < -0.39 is 0 Å². The topological polar surface area (TPSA) is 33.6 Å². The predicted molar refractivity (Wildman–Crippen MR) is 103 cm³/mol. The van der Waals surface area contributed by atoms with Crippen LogP contribution in [0.3, 0.4) is 0 Å². The van der Waals surface area contributed by atoms with Gasteiger partial charge < -0.3 is 10.1 Å². The van der Waals surface area contributed by atoms with Gasteiger partial charge in [-0.15, -0.1) is 0 Å². The van der Waals surface area contributed by atoms with Crippen molar-refractivity contribution in [3.8, 4) is 0 Å². The van der Waals surface area contributed by atoms with Crippen LogP contribution in [-0.2, 0) is 17.7 Å². The minimum Gasteiger partial charge on any atom is -0.381 e. The summed E-state index contributed by atoms with van der Waals surface area (Å²) in [6.07, 6.45) is 3.15. The molecule has 0 unspecified atom stereocenters. The van der Waals surface area contributed by atoms with Crippen LogP contribution in [0.15, 0.2) is 47.5 Å². The Kier molecular flexibility index (Phi) is 4.34. The molecule has 0 aliphatic carbocycles. The van der Waals surface area contributed by atoms with Crippen molar-refractivity contribution in [2.24, 2.45) is 10.4 Å². The van der Waals surface area contributed by atoms with Gasteiger partial charge in [0, 0.05) is 24.3 Å². The van der Waals surface area contributed by atoms with Crippen LogP contribution in [-0.4, -0.2) is 19.0 Å². The van der Waals surface area contributed by atoms with Crippen LogP contribution in [0.5, 0.6) is 0 Å². The Balaban J connectivity index is 1.70. The first-order valence-electron chi connectivity index (χ1n) is 9.20. The highest BCUT2D eigenvalue weighted by Crippen LogP contribution is 2.42. The first-order valence-corrected chi connectivity index (χ1v) is 9.20. The summed E-state index contributed by atoms with van der Waals surface area (Å²) in [6.45, 7) is 6.76. The van der Waals surface area contributed by atoms with E-state index in [9.17, 15) is 0 Å². The summed E-state index contributed by atoms with van der Waals surface area (Å²) in [4.78, 5) is 5.03. The van der Waals surface area contributed by atoms with Crippen LogP contribution in [0.4, 0.5) is 5.69 Å². The number of ether oxygens (including phenoxy) is 1. The fourth-order valence-electron chi connectivity index (χ4n) is 3.98. The molecule has 2 aliphatic heterocycles. The van der Waals surface area contributed by atoms with Crippen LogP contribution in [0, 0.1) is 19.3 Å². The molecule has 2 aromatic carbocycles. The molecule has 3 nitrogen and oxygen atoms in total. The third-order valence-corrected chi connectivity index (χ3v) is 5.72. The SMILES string of the molecule is Cc1cc2c(cc1C)NC(=NCc1ccccc1)C1(CCOCC1)C2. The summed E-state index contributed by atoms with van der Waals surface area (Å²) in [5.41, 5.74) is 6.70. The van der Waals surface area contributed by atoms with Crippen LogP contribution in [0.25, 0.3) is 0 Å². The number of aryl methyl sites for hydroxylation is 2. The zero-order valence-electron chi connectivity index (χ0n) is 15.1. The van der Waals surface area contributed by atoms with E-state index in [1.54, 1.807) is 0 Å². The van der Waals surface area contributed by atoms with Crippen molar-refractivity contribution in [1.82, 2.24) is 0 Å². The van der Waals surface area contributed by atoms with Crippen molar-refractivity contribution in [3.05, 3.63) is 64.7 Å². The number of hydrogen-bond donors (Lipinski definition) is 1. The van der Waals surface area contributed by atoms with Crippen molar-refractivity contribution < 1.29 is 4.74 Å². The molecule has 0 atom stereocenters. The smallest absolute Gasteiger partial charge is 0.108 e. The molecule has 2 aromatic rings. The number of benzene rings is 2. The second-order valence-electron chi connectivity index (χ2n) is 7.44. The molecular weight excluding hydrogens is 308 g/mol. The zero-order chi connectivity index (χ0) is 17.3. The van der Waals surface area contributed by atoms with E-state index in [1.165, 1.54) is 27.9 Å². The Morgan fingerprint density at radius 3 is 2.52 bits per heavy atom. The summed E-state index contributed by atoms with van der Waals surface area (Å²) in [7, 11) is 0. The molecule has 0 radical (unpaired) electrons. The largest absolute Gasteiger partial charge is 0.381 e. The standard InChI is InChI=1S/C22H26N2O/c1-16-12-19-14-22(8-10-25-11-9-22)21(24-20(19)13-17(16)2)23-15-18-6-4-3-5-7-18/h3-7,12-13H,8-11,14-15H2,1-2H3,(H,23,24). The number of anilines is 1. The molecule has 0 aromatic heterocycles. The lowest BCUT2D eigenvalue weighted by Gasteiger charge is -2.42. The summed E-state index contributed by atoms with van der Waals surface area (Å²) < 4.78 is 5.66. The van der Waals surface area contributed by atoms with Crippen molar-refractivity contribution in [2.45, 2.75) is 39.7 Å². The molecule has 1 fully saturated rings.